The summed E-state index contributed by atoms with van der Waals surface area (Å²) in [6, 6.07) is 15.6. The highest BCUT2D eigenvalue weighted by Crippen LogP contribution is 2.14. The van der Waals surface area contributed by atoms with Crippen LogP contribution in [0.1, 0.15) is 17.5 Å². The van der Waals surface area contributed by atoms with Crippen LogP contribution in [0.25, 0.3) is 10.8 Å². The molecular weight excluding hydrogens is 382 g/mol. The van der Waals surface area contributed by atoms with Gasteiger partial charge < -0.3 is 25.6 Å². The van der Waals surface area contributed by atoms with Crippen LogP contribution in [0.2, 0.25) is 0 Å². The number of nitrogens with one attached hydrogen (secondary N) is 2. The van der Waals surface area contributed by atoms with E-state index in [1.54, 1.807) is 19.5 Å². The second-order valence-corrected chi connectivity index (χ2v) is 6.88. The van der Waals surface area contributed by atoms with Gasteiger partial charge >= 0.3 is 6.09 Å². The summed E-state index contributed by atoms with van der Waals surface area (Å²) >= 11 is 0. The maximum atomic E-state index is 10.3. The van der Waals surface area contributed by atoms with Crippen molar-refractivity contribution in [2.45, 2.75) is 26.0 Å². The second-order valence-electron chi connectivity index (χ2n) is 6.88. The molecule has 2 heterocycles. The third-order valence-electron chi connectivity index (χ3n) is 4.44. The number of β-amino-alcohol motifs (C(OH)–C–C–N with tert-alkyl or cyclic N) is 1. The molecule has 2 aromatic carbocycles. The summed E-state index contributed by atoms with van der Waals surface area (Å²) in [6.07, 6.45) is 3.36. The maximum absolute atomic E-state index is 10.3. The lowest BCUT2D eigenvalue weighted by Crippen LogP contribution is -2.19. The van der Waals surface area contributed by atoms with Gasteiger partial charge in [0.15, 0.2) is 0 Å². The van der Waals surface area contributed by atoms with Crippen molar-refractivity contribution >= 4 is 16.9 Å². The van der Waals surface area contributed by atoms with Gasteiger partial charge in [-0.2, -0.15) is 0 Å². The lowest BCUT2D eigenvalue weighted by molar-refractivity contribution is 0.194. The summed E-state index contributed by atoms with van der Waals surface area (Å²) < 4.78 is 4.97. The predicted octanol–water partition coefficient (Wildman–Crippen LogP) is 3.35. The maximum Gasteiger partial charge on any atom is 0.404 e. The molecule has 0 aliphatic carbocycles. The van der Waals surface area contributed by atoms with Gasteiger partial charge in [-0.1, -0.05) is 29.8 Å². The lowest BCUT2D eigenvalue weighted by atomic mass is 10.1. The number of aryl methyl sites for hydroxylation is 1. The van der Waals surface area contributed by atoms with Gasteiger partial charge in [0.25, 0.3) is 0 Å². The zero-order valence-electron chi connectivity index (χ0n) is 17.3. The predicted molar refractivity (Wildman–Crippen MR) is 118 cm³/mol. The molecule has 3 aromatic rings. The van der Waals surface area contributed by atoms with Crippen LogP contribution in [0.4, 0.5) is 4.79 Å². The van der Waals surface area contributed by atoms with Gasteiger partial charge in [0.1, 0.15) is 5.75 Å². The molecule has 1 amide bonds. The fraction of sp³-hybridized carbons (Fsp3) is 0.304. The zero-order valence-corrected chi connectivity index (χ0v) is 17.3. The van der Waals surface area contributed by atoms with Crippen LogP contribution >= 0.6 is 0 Å². The number of methoxy groups -OCH3 is 1. The van der Waals surface area contributed by atoms with Crippen molar-refractivity contribution in [1.29, 1.82) is 0 Å². The molecule has 0 saturated carbocycles. The highest BCUT2D eigenvalue weighted by atomic mass is 16.5. The first-order valence-corrected chi connectivity index (χ1v) is 9.77. The van der Waals surface area contributed by atoms with Crippen molar-refractivity contribution in [2.75, 3.05) is 20.2 Å². The molecule has 1 aliphatic rings. The number of benzene rings is 2. The highest BCUT2D eigenvalue weighted by Gasteiger charge is 2.08. The van der Waals surface area contributed by atoms with Crippen molar-refractivity contribution in [2.24, 2.45) is 0 Å². The normalized spacial score (nSPS) is 14.7. The largest absolute Gasteiger partial charge is 0.497 e. The number of hydrogen-bond donors (Lipinski definition) is 4. The van der Waals surface area contributed by atoms with Crippen LogP contribution < -0.4 is 15.4 Å². The van der Waals surface area contributed by atoms with E-state index >= 15 is 0 Å². The fourth-order valence-corrected chi connectivity index (χ4v) is 2.73. The van der Waals surface area contributed by atoms with E-state index in [-0.39, 0.29) is 6.10 Å². The minimum absolute atomic E-state index is 0.0648. The Labute approximate surface area is 176 Å². The van der Waals surface area contributed by atoms with Crippen LogP contribution in [-0.2, 0) is 6.54 Å². The first-order valence-electron chi connectivity index (χ1n) is 9.77. The molecule has 4 rings (SSSR count). The van der Waals surface area contributed by atoms with E-state index in [0.717, 1.165) is 41.6 Å². The number of ether oxygens (including phenoxy) is 1. The Balaban J connectivity index is 0.000000180. The van der Waals surface area contributed by atoms with Crippen molar-refractivity contribution in [3.63, 3.8) is 0 Å². The van der Waals surface area contributed by atoms with E-state index in [0.29, 0.717) is 6.54 Å². The first kappa shape index (κ1) is 23.1. The number of aliphatic hydroxyl groups is 1. The molecule has 1 unspecified atom stereocenters. The van der Waals surface area contributed by atoms with Gasteiger partial charge in [-0.25, -0.2) is 4.79 Å². The van der Waals surface area contributed by atoms with E-state index < -0.39 is 6.09 Å². The summed E-state index contributed by atoms with van der Waals surface area (Å²) in [4.78, 5) is 14.3. The molecule has 0 radical (unpaired) electrons. The number of nitrogens with zero attached hydrogens (tertiary/aromatic N) is 1. The van der Waals surface area contributed by atoms with Crippen LogP contribution in [0.5, 0.6) is 5.75 Å². The van der Waals surface area contributed by atoms with Crippen LogP contribution in [0.15, 0.2) is 60.9 Å². The van der Waals surface area contributed by atoms with Gasteiger partial charge in [-0.05, 0) is 55.1 Å². The highest BCUT2D eigenvalue weighted by molar-refractivity contribution is 5.82. The molecule has 30 heavy (non-hydrogen) atoms. The third-order valence-corrected chi connectivity index (χ3v) is 4.44. The summed E-state index contributed by atoms with van der Waals surface area (Å²) in [6.45, 7) is 4.16. The standard InChI is InChI=1S/C11H10N2O2.C8H10O.C4H9NO/c14-11(15)13-6-8-1-2-10-7-12-4-3-9(10)5-8;1-7-3-5-8(9-2)6-4-7;6-4-1-2-5-3-4/h1-5,7,13H,6H2,(H,14,15);3-6H,1-2H3;4-6H,1-3H2. The molecule has 1 saturated heterocycles. The molecule has 1 aromatic heterocycles. The summed E-state index contributed by atoms with van der Waals surface area (Å²) in [7, 11) is 1.67. The van der Waals surface area contributed by atoms with E-state index in [2.05, 4.69) is 22.5 Å². The van der Waals surface area contributed by atoms with Crippen molar-refractivity contribution in [3.8, 4) is 5.75 Å². The Bertz CT molecular complexity index is 910. The average Bonchev–Trinajstić information content (AvgIpc) is 3.24. The van der Waals surface area contributed by atoms with Crippen molar-refractivity contribution < 1.29 is 19.7 Å². The number of aromatic nitrogens is 1. The van der Waals surface area contributed by atoms with Gasteiger partial charge in [0, 0.05) is 30.9 Å². The van der Waals surface area contributed by atoms with E-state index in [9.17, 15) is 4.79 Å². The number of rotatable bonds is 3. The number of fused-ring (bicyclic) bond motifs is 1. The molecule has 7 nitrogen and oxygen atoms in total. The summed E-state index contributed by atoms with van der Waals surface area (Å²) in [5.41, 5.74) is 2.20. The quantitative estimate of drug-likeness (QED) is 0.527. The molecule has 0 bridgehead atoms. The fourth-order valence-electron chi connectivity index (χ4n) is 2.73. The number of carbonyl (C=O) groups is 1. The Morgan fingerprint density at radius 3 is 2.53 bits per heavy atom. The van der Waals surface area contributed by atoms with Gasteiger partial charge in [-0.3, -0.25) is 4.98 Å². The Morgan fingerprint density at radius 1 is 1.20 bits per heavy atom. The van der Waals surface area contributed by atoms with Gasteiger partial charge in [0.05, 0.1) is 13.2 Å². The molecular formula is C23H29N3O4. The monoisotopic (exact) mass is 411 g/mol. The number of pyridine rings is 1. The van der Waals surface area contributed by atoms with Crippen LogP contribution in [0, 0.1) is 6.92 Å². The molecule has 7 heteroatoms. The minimum atomic E-state index is -1.01. The minimum Gasteiger partial charge on any atom is -0.497 e. The Kier molecular flexibility index (Phi) is 9.57. The molecule has 1 atom stereocenters. The molecule has 1 aliphatic heterocycles. The van der Waals surface area contributed by atoms with Gasteiger partial charge in [0.2, 0.25) is 0 Å². The average molecular weight is 412 g/mol. The lowest BCUT2D eigenvalue weighted by Gasteiger charge is -2.03. The molecule has 160 valence electrons. The summed E-state index contributed by atoms with van der Waals surface area (Å²) in [5.74, 6) is 0.917. The zero-order chi connectivity index (χ0) is 21.8. The summed E-state index contributed by atoms with van der Waals surface area (Å²) in [5, 5.41) is 24.6. The number of hydrogen-bond acceptors (Lipinski definition) is 5. The van der Waals surface area contributed by atoms with E-state index in [1.807, 2.05) is 48.5 Å². The SMILES string of the molecule is COc1ccc(C)cc1.O=C(O)NCc1ccc2cnccc2c1.OC1CCNC1. The number of amides is 1. The van der Waals surface area contributed by atoms with Gasteiger partial charge in [-0.15, -0.1) is 0 Å². The number of aliphatic hydroxyl groups excluding tert-OH is 1. The second kappa shape index (κ2) is 12.4. The van der Waals surface area contributed by atoms with Crippen LogP contribution in [-0.4, -0.2) is 47.6 Å². The molecule has 1 fully saturated rings. The smallest absolute Gasteiger partial charge is 0.404 e. The van der Waals surface area contributed by atoms with Crippen molar-refractivity contribution in [1.82, 2.24) is 15.6 Å². The molecule has 4 N–H and O–H groups in total. The molecule has 0 spiro atoms. The number of carboxylic acid groups (broad SMARTS) is 1. The topological polar surface area (TPSA) is 104 Å². The first-order chi connectivity index (χ1) is 14.5. The third kappa shape index (κ3) is 8.46. The van der Waals surface area contributed by atoms with Crippen molar-refractivity contribution in [3.05, 3.63) is 72.1 Å². The Morgan fingerprint density at radius 2 is 1.97 bits per heavy atom. The van der Waals surface area contributed by atoms with E-state index in [1.165, 1.54) is 5.56 Å². The Hall–Kier alpha value is -3.16. The van der Waals surface area contributed by atoms with Crippen LogP contribution in [0.3, 0.4) is 0 Å². The van der Waals surface area contributed by atoms with E-state index in [4.69, 9.17) is 14.9 Å².